The van der Waals surface area contributed by atoms with Crippen molar-refractivity contribution in [2.45, 2.75) is 26.2 Å². The number of aromatic carboxylic acids is 1. The number of hydrogen-bond donors (Lipinski definition) is 1. The number of aromatic nitrogens is 1. The molecule has 5 heteroatoms. The number of para-hydroxylation sites is 1. The van der Waals surface area contributed by atoms with Gasteiger partial charge in [-0.25, -0.2) is 9.78 Å². The number of nitrogens with zero attached hydrogens (tertiary/aromatic N) is 1. The molecule has 2 rings (SSSR count). The van der Waals surface area contributed by atoms with Gasteiger partial charge in [-0.1, -0.05) is 50.6 Å². The van der Waals surface area contributed by atoms with Crippen LogP contribution in [0.2, 0.25) is 5.15 Å². The normalized spacial score (nSPS) is 11.2. The summed E-state index contributed by atoms with van der Waals surface area (Å²) in [4.78, 5) is 15.1. The molecule has 1 N–H and O–H groups in total. The summed E-state index contributed by atoms with van der Waals surface area (Å²) in [7, 11) is 0. The molecule has 1 heterocycles. The van der Waals surface area contributed by atoms with Gasteiger partial charge in [-0.3, -0.25) is 0 Å². The van der Waals surface area contributed by atoms with Gasteiger partial charge in [0.2, 0.25) is 5.88 Å². The molecule has 0 aliphatic rings. The summed E-state index contributed by atoms with van der Waals surface area (Å²) < 4.78 is 5.75. The number of benzene rings is 1. The zero-order chi connectivity index (χ0) is 15.6. The molecule has 0 saturated heterocycles. The highest BCUT2D eigenvalue weighted by molar-refractivity contribution is 6.29. The Balaban J connectivity index is 2.42. The number of halogens is 1. The maximum absolute atomic E-state index is 11.0. The van der Waals surface area contributed by atoms with Gasteiger partial charge in [0.25, 0.3) is 0 Å². The standard InChI is InChI=1S/C16H16ClNO3/c1-16(2,3)11-6-4-5-7-12(11)21-14-9-10(15(19)20)8-13(17)18-14/h4-9H,1-3H3,(H,19,20). The Labute approximate surface area is 128 Å². The lowest BCUT2D eigenvalue weighted by Gasteiger charge is -2.22. The minimum absolute atomic E-state index is 0.0400. The Kier molecular flexibility index (Phi) is 4.19. The van der Waals surface area contributed by atoms with Crippen molar-refractivity contribution in [3.8, 4) is 11.6 Å². The zero-order valence-corrected chi connectivity index (χ0v) is 12.8. The molecule has 1 aromatic heterocycles. The highest BCUT2D eigenvalue weighted by Crippen LogP contribution is 2.33. The summed E-state index contributed by atoms with van der Waals surface area (Å²) in [6.45, 7) is 6.22. The molecule has 21 heavy (non-hydrogen) atoms. The Hall–Kier alpha value is -2.07. The number of pyridine rings is 1. The van der Waals surface area contributed by atoms with E-state index in [9.17, 15) is 4.79 Å². The molecule has 4 nitrogen and oxygen atoms in total. The fourth-order valence-electron chi connectivity index (χ4n) is 1.94. The third-order valence-corrected chi connectivity index (χ3v) is 3.12. The Morgan fingerprint density at radius 2 is 1.90 bits per heavy atom. The molecule has 0 spiro atoms. The minimum Gasteiger partial charge on any atom is -0.478 e. The highest BCUT2D eigenvalue weighted by Gasteiger charge is 2.19. The number of ether oxygens (including phenoxy) is 1. The van der Waals surface area contributed by atoms with Crippen LogP contribution in [0.3, 0.4) is 0 Å². The second-order valence-electron chi connectivity index (χ2n) is 5.67. The van der Waals surface area contributed by atoms with Crippen LogP contribution in [0.4, 0.5) is 0 Å². The van der Waals surface area contributed by atoms with E-state index >= 15 is 0 Å². The monoisotopic (exact) mass is 305 g/mol. The van der Waals surface area contributed by atoms with E-state index in [0.717, 1.165) is 5.56 Å². The van der Waals surface area contributed by atoms with E-state index in [1.165, 1.54) is 12.1 Å². The van der Waals surface area contributed by atoms with Crippen LogP contribution in [0.25, 0.3) is 0 Å². The van der Waals surface area contributed by atoms with Crippen LogP contribution in [0.5, 0.6) is 11.6 Å². The molecule has 0 bridgehead atoms. The molecule has 0 saturated carbocycles. The average molecular weight is 306 g/mol. The number of carbonyl (C=O) groups is 1. The summed E-state index contributed by atoms with van der Waals surface area (Å²) in [5.74, 6) is -0.277. The molecular weight excluding hydrogens is 290 g/mol. The van der Waals surface area contributed by atoms with E-state index in [4.69, 9.17) is 21.4 Å². The summed E-state index contributed by atoms with van der Waals surface area (Å²) in [5.41, 5.74) is 0.937. The first-order valence-electron chi connectivity index (χ1n) is 6.45. The molecule has 0 amide bonds. The summed E-state index contributed by atoms with van der Waals surface area (Å²) >= 11 is 5.84. The van der Waals surface area contributed by atoms with Gasteiger partial charge < -0.3 is 9.84 Å². The Morgan fingerprint density at radius 3 is 2.52 bits per heavy atom. The van der Waals surface area contributed by atoms with E-state index in [0.29, 0.717) is 5.75 Å². The van der Waals surface area contributed by atoms with Gasteiger partial charge in [0.15, 0.2) is 0 Å². The fourth-order valence-corrected chi connectivity index (χ4v) is 2.14. The third kappa shape index (κ3) is 3.73. The van der Waals surface area contributed by atoms with Crippen LogP contribution in [0.15, 0.2) is 36.4 Å². The SMILES string of the molecule is CC(C)(C)c1ccccc1Oc1cc(C(=O)O)cc(Cl)n1. The smallest absolute Gasteiger partial charge is 0.335 e. The van der Waals surface area contributed by atoms with Crippen LogP contribution in [-0.4, -0.2) is 16.1 Å². The van der Waals surface area contributed by atoms with Crippen molar-refractivity contribution in [1.82, 2.24) is 4.98 Å². The quantitative estimate of drug-likeness (QED) is 0.847. The number of carboxylic acids is 1. The van der Waals surface area contributed by atoms with E-state index in [2.05, 4.69) is 25.8 Å². The van der Waals surface area contributed by atoms with E-state index in [1.807, 2.05) is 24.3 Å². The molecule has 0 radical (unpaired) electrons. The molecule has 0 aliphatic heterocycles. The van der Waals surface area contributed by atoms with Crippen LogP contribution in [-0.2, 0) is 5.41 Å². The minimum atomic E-state index is -1.08. The molecule has 0 unspecified atom stereocenters. The van der Waals surface area contributed by atoms with Crippen molar-refractivity contribution < 1.29 is 14.6 Å². The predicted octanol–water partition coefficient (Wildman–Crippen LogP) is 4.52. The van der Waals surface area contributed by atoms with Crippen LogP contribution in [0.1, 0.15) is 36.7 Å². The first-order chi connectivity index (χ1) is 9.77. The zero-order valence-electron chi connectivity index (χ0n) is 12.1. The first kappa shape index (κ1) is 15.3. The topological polar surface area (TPSA) is 59.4 Å². The lowest BCUT2D eigenvalue weighted by molar-refractivity contribution is 0.0696. The molecule has 110 valence electrons. The van der Waals surface area contributed by atoms with Crippen LogP contribution in [0, 0.1) is 0 Å². The molecule has 0 fully saturated rings. The molecule has 2 aromatic rings. The second-order valence-corrected chi connectivity index (χ2v) is 6.06. The number of hydrogen-bond acceptors (Lipinski definition) is 3. The van der Waals surface area contributed by atoms with Crippen molar-refractivity contribution in [3.63, 3.8) is 0 Å². The largest absolute Gasteiger partial charge is 0.478 e. The van der Waals surface area contributed by atoms with Crippen molar-refractivity contribution >= 4 is 17.6 Å². The molecule has 0 atom stereocenters. The van der Waals surface area contributed by atoms with Crippen molar-refractivity contribution in [1.29, 1.82) is 0 Å². The molecular formula is C16H16ClNO3. The van der Waals surface area contributed by atoms with Gasteiger partial charge in [0, 0.05) is 11.6 Å². The number of rotatable bonds is 3. The van der Waals surface area contributed by atoms with Crippen LogP contribution < -0.4 is 4.74 Å². The molecule has 1 aromatic carbocycles. The van der Waals surface area contributed by atoms with Gasteiger partial charge in [-0.2, -0.15) is 0 Å². The Bertz CT molecular complexity index is 677. The number of carboxylic acid groups (broad SMARTS) is 1. The first-order valence-corrected chi connectivity index (χ1v) is 6.83. The lowest BCUT2D eigenvalue weighted by atomic mass is 9.86. The summed E-state index contributed by atoms with van der Waals surface area (Å²) in [5, 5.41) is 9.12. The maximum atomic E-state index is 11.0. The van der Waals surface area contributed by atoms with Crippen molar-refractivity contribution in [2.75, 3.05) is 0 Å². The average Bonchev–Trinajstić information content (AvgIpc) is 2.37. The van der Waals surface area contributed by atoms with E-state index < -0.39 is 5.97 Å². The van der Waals surface area contributed by atoms with Gasteiger partial charge in [0.1, 0.15) is 10.9 Å². The van der Waals surface area contributed by atoms with Crippen molar-refractivity contribution in [2.24, 2.45) is 0 Å². The lowest BCUT2D eigenvalue weighted by Crippen LogP contribution is -2.12. The van der Waals surface area contributed by atoms with Crippen LogP contribution >= 0.6 is 11.6 Å². The van der Waals surface area contributed by atoms with Gasteiger partial charge in [0.05, 0.1) is 5.56 Å². The van der Waals surface area contributed by atoms with E-state index in [-0.39, 0.29) is 22.0 Å². The summed E-state index contributed by atoms with van der Waals surface area (Å²) in [6, 6.07) is 10.2. The predicted molar refractivity (Wildman–Crippen MR) is 81.4 cm³/mol. The van der Waals surface area contributed by atoms with Gasteiger partial charge in [-0.15, -0.1) is 0 Å². The fraction of sp³-hybridized carbons (Fsp3) is 0.250. The molecule has 0 aliphatic carbocycles. The Morgan fingerprint density at radius 1 is 1.24 bits per heavy atom. The highest BCUT2D eigenvalue weighted by atomic mass is 35.5. The third-order valence-electron chi connectivity index (χ3n) is 2.93. The summed E-state index contributed by atoms with van der Waals surface area (Å²) in [6.07, 6.45) is 0. The van der Waals surface area contributed by atoms with Crippen molar-refractivity contribution in [3.05, 3.63) is 52.7 Å². The second kappa shape index (κ2) is 5.74. The van der Waals surface area contributed by atoms with Gasteiger partial charge in [-0.05, 0) is 17.5 Å². The van der Waals surface area contributed by atoms with E-state index in [1.54, 1.807) is 0 Å². The van der Waals surface area contributed by atoms with Gasteiger partial charge >= 0.3 is 5.97 Å². The maximum Gasteiger partial charge on any atom is 0.335 e.